The third kappa shape index (κ3) is 4.90. The van der Waals surface area contributed by atoms with E-state index in [2.05, 4.69) is 164 Å². The molecule has 3 heteroatoms. The van der Waals surface area contributed by atoms with Crippen molar-refractivity contribution in [2.24, 2.45) is 0 Å². The molecule has 10 rings (SSSR count). The molecule has 3 nitrogen and oxygen atoms in total. The summed E-state index contributed by atoms with van der Waals surface area (Å²) in [4.78, 5) is 10.6. The van der Waals surface area contributed by atoms with Gasteiger partial charge in [-0.3, -0.25) is 0 Å². The fourth-order valence-corrected chi connectivity index (χ4v) is 7.56. The molecule has 0 fully saturated rings. The summed E-state index contributed by atoms with van der Waals surface area (Å²) in [7, 11) is 0. The third-order valence-corrected chi connectivity index (χ3v) is 9.92. The molecule has 10 aromatic rings. The largest absolute Gasteiger partial charge is 0.455 e. The number of para-hydroxylation sites is 1. The molecular formula is C48H30N2O. The van der Waals surface area contributed by atoms with Crippen molar-refractivity contribution in [1.29, 1.82) is 0 Å². The summed E-state index contributed by atoms with van der Waals surface area (Å²) in [5.74, 6) is 0.659. The number of nitrogens with zero attached hydrogens (tertiary/aromatic N) is 2. The van der Waals surface area contributed by atoms with E-state index in [1.54, 1.807) is 0 Å². The average molecular weight is 651 g/mol. The first kappa shape index (κ1) is 29.1. The van der Waals surface area contributed by atoms with Gasteiger partial charge in [0.1, 0.15) is 11.2 Å². The Labute approximate surface area is 295 Å². The highest BCUT2D eigenvalue weighted by atomic mass is 16.3. The lowest BCUT2D eigenvalue weighted by atomic mass is 9.93. The molecule has 0 radical (unpaired) electrons. The van der Waals surface area contributed by atoms with Crippen LogP contribution in [0.5, 0.6) is 0 Å². The minimum Gasteiger partial charge on any atom is -0.455 e. The maximum atomic E-state index is 6.74. The first-order valence-corrected chi connectivity index (χ1v) is 17.2. The molecule has 2 heterocycles. The van der Waals surface area contributed by atoms with E-state index in [1.165, 1.54) is 27.3 Å². The van der Waals surface area contributed by atoms with Gasteiger partial charge in [0.25, 0.3) is 0 Å². The molecule has 0 N–H and O–H groups in total. The second-order valence-electron chi connectivity index (χ2n) is 12.9. The summed E-state index contributed by atoms with van der Waals surface area (Å²) in [6.45, 7) is 0. The maximum absolute atomic E-state index is 6.74. The fraction of sp³-hybridized carbons (Fsp3) is 0. The summed E-state index contributed by atoms with van der Waals surface area (Å²) in [6.07, 6.45) is 0. The Morgan fingerprint density at radius 1 is 0.353 bits per heavy atom. The van der Waals surface area contributed by atoms with E-state index in [0.29, 0.717) is 5.82 Å². The van der Waals surface area contributed by atoms with Crippen LogP contribution in [0.3, 0.4) is 0 Å². The highest BCUT2D eigenvalue weighted by molar-refractivity contribution is 6.16. The molecule has 0 aliphatic carbocycles. The van der Waals surface area contributed by atoms with Crippen LogP contribution in [0.2, 0.25) is 0 Å². The predicted octanol–water partition coefficient (Wildman–Crippen LogP) is 13.0. The first-order valence-electron chi connectivity index (χ1n) is 17.2. The molecule has 0 amide bonds. The Morgan fingerprint density at radius 2 is 0.922 bits per heavy atom. The predicted molar refractivity (Wildman–Crippen MR) is 212 cm³/mol. The molecular weight excluding hydrogens is 621 g/mol. The first-order chi connectivity index (χ1) is 25.3. The van der Waals surface area contributed by atoms with Crippen molar-refractivity contribution in [1.82, 2.24) is 9.97 Å². The monoisotopic (exact) mass is 650 g/mol. The Kier molecular flexibility index (Phi) is 6.81. The number of benzene rings is 8. The van der Waals surface area contributed by atoms with Crippen molar-refractivity contribution in [2.75, 3.05) is 0 Å². The van der Waals surface area contributed by atoms with Gasteiger partial charge in [-0.25, -0.2) is 9.97 Å². The van der Waals surface area contributed by atoms with E-state index in [9.17, 15) is 0 Å². The van der Waals surface area contributed by atoms with Gasteiger partial charge in [-0.2, -0.15) is 0 Å². The van der Waals surface area contributed by atoms with E-state index in [0.717, 1.165) is 66.5 Å². The van der Waals surface area contributed by atoms with Crippen molar-refractivity contribution in [3.8, 4) is 56.2 Å². The van der Waals surface area contributed by atoms with Crippen molar-refractivity contribution < 1.29 is 4.42 Å². The van der Waals surface area contributed by atoms with Gasteiger partial charge in [0.05, 0.1) is 11.4 Å². The molecule has 8 aromatic carbocycles. The number of aromatic nitrogens is 2. The number of furan rings is 1. The van der Waals surface area contributed by atoms with Crippen LogP contribution in [0.25, 0.3) is 99.6 Å². The van der Waals surface area contributed by atoms with Crippen LogP contribution in [-0.4, -0.2) is 9.97 Å². The summed E-state index contributed by atoms with van der Waals surface area (Å²) in [6, 6.07) is 63.7. The molecule has 0 aliphatic heterocycles. The van der Waals surface area contributed by atoms with Gasteiger partial charge in [0.15, 0.2) is 5.82 Å². The zero-order valence-corrected chi connectivity index (χ0v) is 27.6. The molecule has 51 heavy (non-hydrogen) atoms. The Morgan fingerprint density at radius 3 is 1.75 bits per heavy atom. The molecule has 0 saturated carbocycles. The van der Waals surface area contributed by atoms with E-state index in [-0.39, 0.29) is 0 Å². The minimum absolute atomic E-state index is 0.659. The van der Waals surface area contributed by atoms with Crippen molar-refractivity contribution in [3.05, 3.63) is 182 Å². The quantitative estimate of drug-likeness (QED) is 0.186. The van der Waals surface area contributed by atoms with Crippen LogP contribution in [0.4, 0.5) is 0 Å². The van der Waals surface area contributed by atoms with Gasteiger partial charge in [-0.1, -0.05) is 170 Å². The van der Waals surface area contributed by atoms with Gasteiger partial charge >= 0.3 is 0 Å². The van der Waals surface area contributed by atoms with Crippen molar-refractivity contribution in [2.45, 2.75) is 0 Å². The average Bonchev–Trinajstić information content (AvgIpc) is 3.60. The maximum Gasteiger partial charge on any atom is 0.161 e. The second-order valence-corrected chi connectivity index (χ2v) is 12.9. The van der Waals surface area contributed by atoms with Crippen molar-refractivity contribution >= 4 is 43.5 Å². The lowest BCUT2D eigenvalue weighted by Crippen LogP contribution is -1.97. The Balaban J connectivity index is 1.21. The zero-order chi connectivity index (χ0) is 33.7. The number of hydrogen-bond acceptors (Lipinski definition) is 3. The standard InChI is InChI=1S/C48H30N2O/c1-3-14-31(15-4-1)35-28-29-39(38-22-10-9-21-36(35)38)44-30-43(33-17-5-2-6-18-33)49-48(50-44)42-26-13-27-45-46(42)41-25-12-24-40(47(41)51-45)37-23-11-19-32-16-7-8-20-34(32)37/h1-30H. The molecule has 238 valence electrons. The Bertz CT molecular complexity index is 2900. The summed E-state index contributed by atoms with van der Waals surface area (Å²) < 4.78 is 6.74. The molecule has 0 atom stereocenters. The van der Waals surface area contributed by atoms with Crippen LogP contribution in [0.15, 0.2) is 186 Å². The van der Waals surface area contributed by atoms with Crippen LogP contribution in [0.1, 0.15) is 0 Å². The molecule has 0 saturated heterocycles. The van der Waals surface area contributed by atoms with Gasteiger partial charge in [0.2, 0.25) is 0 Å². The smallest absolute Gasteiger partial charge is 0.161 e. The van der Waals surface area contributed by atoms with E-state index >= 15 is 0 Å². The topological polar surface area (TPSA) is 38.9 Å². The summed E-state index contributed by atoms with van der Waals surface area (Å²) >= 11 is 0. The molecule has 2 aromatic heterocycles. The third-order valence-electron chi connectivity index (χ3n) is 9.92. The molecule has 0 aliphatic rings. The number of fused-ring (bicyclic) bond motifs is 5. The number of rotatable bonds is 5. The minimum atomic E-state index is 0.659. The lowest BCUT2D eigenvalue weighted by molar-refractivity contribution is 0.670. The summed E-state index contributed by atoms with van der Waals surface area (Å²) in [5.41, 5.74) is 11.0. The highest BCUT2D eigenvalue weighted by Gasteiger charge is 2.20. The van der Waals surface area contributed by atoms with E-state index in [4.69, 9.17) is 14.4 Å². The van der Waals surface area contributed by atoms with Crippen molar-refractivity contribution in [3.63, 3.8) is 0 Å². The number of hydrogen-bond donors (Lipinski definition) is 0. The van der Waals surface area contributed by atoms with Gasteiger partial charge in [0, 0.05) is 33.0 Å². The van der Waals surface area contributed by atoms with E-state index < -0.39 is 0 Å². The fourth-order valence-electron chi connectivity index (χ4n) is 7.56. The van der Waals surface area contributed by atoms with Crippen LogP contribution in [-0.2, 0) is 0 Å². The molecule has 0 spiro atoms. The lowest BCUT2D eigenvalue weighted by Gasteiger charge is -2.14. The van der Waals surface area contributed by atoms with E-state index in [1.807, 2.05) is 18.2 Å². The Hall–Kier alpha value is -6.84. The van der Waals surface area contributed by atoms with Crippen LogP contribution in [0, 0.1) is 0 Å². The zero-order valence-electron chi connectivity index (χ0n) is 27.6. The molecule has 0 bridgehead atoms. The van der Waals surface area contributed by atoms with Crippen LogP contribution < -0.4 is 0 Å². The highest BCUT2D eigenvalue weighted by Crippen LogP contribution is 2.43. The van der Waals surface area contributed by atoms with Gasteiger partial charge < -0.3 is 4.42 Å². The van der Waals surface area contributed by atoms with Gasteiger partial charge in [-0.05, 0) is 50.4 Å². The molecule has 0 unspecified atom stereocenters. The van der Waals surface area contributed by atoms with Gasteiger partial charge in [-0.15, -0.1) is 0 Å². The summed E-state index contributed by atoms with van der Waals surface area (Å²) in [5, 5.41) is 6.78. The second kappa shape index (κ2) is 11.9. The van der Waals surface area contributed by atoms with Crippen LogP contribution >= 0.6 is 0 Å². The normalized spacial score (nSPS) is 11.5. The SMILES string of the molecule is c1ccc(-c2cc(-c3ccc(-c4ccccc4)c4ccccc34)nc(-c3cccc4oc5c(-c6cccc7ccccc67)cccc5c34)n2)cc1.